The van der Waals surface area contributed by atoms with E-state index < -0.39 is 12.5 Å². The van der Waals surface area contributed by atoms with Gasteiger partial charge in [-0.25, -0.2) is 10.4 Å². The number of amides is 1. The van der Waals surface area contributed by atoms with Crippen LogP contribution in [-0.4, -0.2) is 65.2 Å². The number of hydrogen-bond acceptors (Lipinski definition) is 7. The van der Waals surface area contributed by atoms with E-state index in [2.05, 4.69) is 33.9 Å². The van der Waals surface area contributed by atoms with Gasteiger partial charge in [0.25, 0.3) is 11.8 Å². The van der Waals surface area contributed by atoms with Crippen LogP contribution >= 0.6 is 0 Å². The number of hydrogen-bond donors (Lipinski definition) is 2. The maximum atomic E-state index is 13.3. The lowest BCUT2D eigenvalue weighted by atomic mass is 10.0. The summed E-state index contributed by atoms with van der Waals surface area (Å²) >= 11 is 0. The van der Waals surface area contributed by atoms with Gasteiger partial charge in [-0.2, -0.15) is 8.78 Å². The molecule has 1 atom stereocenters. The van der Waals surface area contributed by atoms with Crippen molar-refractivity contribution in [2.45, 2.75) is 32.4 Å². The van der Waals surface area contributed by atoms with E-state index >= 15 is 0 Å². The first-order valence-electron chi connectivity index (χ1n) is 10.8. The van der Waals surface area contributed by atoms with Gasteiger partial charge in [-0.15, -0.1) is 0 Å². The van der Waals surface area contributed by atoms with Crippen molar-refractivity contribution in [2.24, 2.45) is 4.99 Å². The van der Waals surface area contributed by atoms with E-state index in [4.69, 9.17) is 4.74 Å². The second-order valence-electron chi connectivity index (χ2n) is 8.27. The fourth-order valence-corrected chi connectivity index (χ4v) is 3.34. The van der Waals surface area contributed by atoms with Crippen LogP contribution in [0.3, 0.4) is 0 Å². The van der Waals surface area contributed by atoms with E-state index in [-0.39, 0.29) is 17.8 Å². The molecule has 0 fully saturated rings. The second kappa shape index (κ2) is 10.6. The lowest BCUT2D eigenvalue weighted by Gasteiger charge is -2.21. The van der Waals surface area contributed by atoms with Crippen LogP contribution in [-0.2, 0) is 11.3 Å². The van der Waals surface area contributed by atoms with Crippen molar-refractivity contribution < 1.29 is 18.3 Å². The molecule has 0 saturated heterocycles. The van der Waals surface area contributed by atoms with Gasteiger partial charge in [-0.05, 0) is 37.6 Å². The fourth-order valence-electron chi connectivity index (χ4n) is 3.34. The molecule has 34 heavy (non-hydrogen) atoms. The molecule has 2 aliphatic rings. The average molecular weight is 473 g/mol. The number of halogens is 2. The van der Waals surface area contributed by atoms with Gasteiger partial charge in [0, 0.05) is 55.6 Å². The van der Waals surface area contributed by atoms with Crippen LogP contribution in [0.25, 0.3) is 0 Å². The van der Waals surface area contributed by atoms with Crippen molar-refractivity contribution >= 4 is 11.6 Å². The van der Waals surface area contributed by atoms with Crippen LogP contribution in [0, 0.1) is 6.92 Å². The summed E-state index contributed by atoms with van der Waals surface area (Å²) in [5.74, 6) is -3.21. The summed E-state index contributed by atoms with van der Waals surface area (Å²) in [7, 11) is 1.92. The molecule has 10 heteroatoms. The second-order valence-corrected chi connectivity index (χ2v) is 8.27. The van der Waals surface area contributed by atoms with E-state index in [9.17, 15) is 13.6 Å². The number of ether oxygens (including phenoxy) is 1. The van der Waals surface area contributed by atoms with E-state index in [1.807, 2.05) is 42.2 Å². The first-order valence-corrected chi connectivity index (χ1v) is 10.8. The number of carbonyl (C=O) groups excluding carboxylic acids is 1. The zero-order chi connectivity index (χ0) is 24.9. The highest BCUT2D eigenvalue weighted by Gasteiger charge is 2.31. The number of rotatable bonds is 11. The number of pyridine rings is 1. The van der Waals surface area contributed by atoms with Crippen molar-refractivity contribution in [3.63, 3.8) is 0 Å². The summed E-state index contributed by atoms with van der Waals surface area (Å²) in [6, 6.07) is 1.65. The molecule has 1 unspecified atom stereocenters. The third-order valence-electron chi connectivity index (χ3n) is 5.43. The van der Waals surface area contributed by atoms with Crippen LogP contribution in [0.15, 0.2) is 66.2 Å². The highest BCUT2D eigenvalue weighted by molar-refractivity contribution is 6.46. The fraction of sp³-hybridized carbons (Fsp3) is 0.375. The molecule has 0 saturated carbocycles. The quantitative estimate of drug-likeness (QED) is 0.482. The SMILES string of the molecule is C=CC(F)(F)COc1ncc(CN2C=C3C(C(=O)NCCN(C)C(=C)C)=NC=CC3N2)cc1C. The molecular formula is C24H30F2N6O2. The van der Waals surface area contributed by atoms with Gasteiger partial charge >= 0.3 is 0 Å². The first kappa shape index (κ1) is 25.1. The smallest absolute Gasteiger partial charge is 0.299 e. The highest BCUT2D eigenvalue weighted by Crippen LogP contribution is 2.23. The standard InChI is InChI=1S/C24H30F2N6O2/c1-6-24(25,26)15-34-23-17(4)11-18(12-29-23)13-32-14-19-20(30-32)7-8-27-21(19)22(33)28-9-10-31(5)16(2)3/h6-8,11-12,14,20,30H,1-2,9-10,13,15H2,3-5H3,(H,28,33). The van der Waals surface area contributed by atoms with Crippen molar-refractivity contribution in [2.75, 3.05) is 26.7 Å². The molecule has 3 rings (SSSR count). The number of nitrogens with one attached hydrogen (secondary N) is 2. The van der Waals surface area contributed by atoms with Gasteiger partial charge < -0.3 is 20.0 Å². The molecule has 182 valence electrons. The lowest BCUT2D eigenvalue weighted by Crippen LogP contribution is -2.41. The normalized spacial score (nSPS) is 17.0. The summed E-state index contributed by atoms with van der Waals surface area (Å²) in [5.41, 5.74) is 6.84. The van der Waals surface area contributed by atoms with E-state index in [1.54, 1.807) is 19.3 Å². The van der Waals surface area contributed by atoms with Crippen molar-refractivity contribution in [3.8, 4) is 5.88 Å². The molecule has 3 heterocycles. The molecule has 2 aliphatic heterocycles. The summed E-state index contributed by atoms with van der Waals surface area (Å²) in [6.45, 7) is 11.4. The highest BCUT2D eigenvalue weighted by atomic mass is 19.3. The maximum absolute atomic E-state index is 13.3. The molecule has 0 aromatic carbocycles. The minimum Gasteiger partial charge on any atom is -0.471 e. The van der Waals surface area contributed by atoms with Crippen molar-refractivity contribution in [3.05, 3.63) is 72.4 Å². The predicted octanol–water partition coefficient (Wildman–Crippen LogP) is 2.71. The van der Waals surface area contributed by atoms with E-state index in [0.717, 1.165) is 16.8 Å². The maximum Gasteiger partial charge on any atom is 0.299 e. The lowest BCUT2D eigenvalue weighted by molar-refractivity contribution is -0.114. The Bertz CT molecular complexity index is 1050. The molecule has 0 radical (unpaired) electrons. The summed E-state index contributed by atoms with van der Waals surface area (Å²) in [5, 5.41) is 4.74. The Hall–Kier alpha value is -3.53. The molecule has 0 aliphatic carbocycles. The Labute approximate surface area is 198 Å². The number of aromatic nitrogens is 1. The monoisotopic (exact) mass is 472 g/mol. The molecule has 0 bridgehead atoms. The average Bonchev–Trinajstić information content (AvgIpc) is 3.20. The Morgan fingerprint density at radius 1 is 1.47 bits per heavy atom. The number of hydrazine groups is 1. The van der Waals surface area contributed by atoms with Crippen molar-refractivity contribution in [1.29, 1.82) is 0 Å². The number of allylic oxidation sites excluding steroid dienone is 1. The van der Waals surface area contributed by atoms with Crippen LogP contribution in [0.5, 0.6) is 5.88 Å². The molecular weight excluding hydrogens is 442 g/mol. The number of aliphatic imine (C=N–C) groups is 1. The third-order valence-corrected chi connectivity index (χ3v) is 5.43. The number of aryl methyl sites for hydroxylation is 1. The van der Waals surface area contributed by atoms with Gasteiger partial charge in [0.05, 0.1) is 12.6 Å². The van der Waals surface area contributed by atoms with Crippen molar-refractivity contribution in [1.82, 2.24) is 25.6 Å². The topological polar surface area (TPSA) is 82.1 Å². The number of alkyl halides is 2. The first-order chi connectivity index (χ1) is 16.1. The Morgan fingerprint density at radius 2 is 2.24 bits per heavy atom. The number of fused-ring (bicyclic) bond motifs is 1. The summed E-state index contributed by atoms with van der Waals surface area (Å²) in [4.78, 5) is 23.1. The minimum absolute atomic E-state index is 0.151. The van der Waals surface area contributed by atoms with Crippen LogP contribution in [0.4, 0.5) is 8.78 Å². The zero-order valence-corrected chi connectivity index (χ0v) is 19.6. The molecule has 1 aromatic heterocycles. The molecule has 1 aromatic rings. The van der Waals surface area contributed by atoms with Gasteiger partial charge in [0.2, 0.25) is 5.88 Å². The predicted molar refractivity (Wildman–Crippen MR) is 127 cm³/mol. The van der Waals surface area contributed by atoms with Gasteiger partial charge in [0.15, 0.2) is 6.61 Å². The molecule has 1 amide bonds. The van der Waals surface area contributed by atoms with Gasteiger partial charge in [-0.1, -0.05) is 13.2 Å². The molecule has 8 nitrogen and oxygen atoms in total. The minimum atomic E-state index is -3.12. The van der Waals surface area contributed by atoms with Crippen LogP contribution < -0.4 is 15.5 Å². The van der Waals surface area contributed by atoms with Crippen LogP contribution in [0.1, 0.15) is 18.1 Å². The third kappa shape index (κ3) is 6.28. The Balaban J connectivity index is 1.61. The van der Waals surface area contributed by atoms with E-state index in [1.165, 1.54) is 0 Å². The van der Waals surface area contributed by atoms with Crippen LogP contribution in [0.2, 0.25) is 0 Å². The molecule has 2 N–H and O–H groups in total. The summed E-state index contributed by atoms with van der Waals surface area (Å²) < 4.78 is 31.8. The summed E-state index contributed by atoms with van der Waals surface area (Å²) in [6.07, 6.45) is 7.46. The number of likely N-dealkylation sites (N-methyl/N-ethyl adjacent to an activating group) is 1. The largest absolute Gasteiger partial charge is 0.471 e. The Morgan fingerprint density at radius 3 is 2.91 bits per heavy atom. The number of nitrogens with zero attached hydrogens (tertiary/aromatic N) is 4. The van der Waals surface area contributed by atoms with Gasteiger partial charge in [-0.3, -0.25) is 9.79 Å². The van der Waals surface area contributed by atoms with E-state index in [0.29, 0.717) is 37.0 Å². The number of carbonyl (C=O) groups is 1. The zero-order valence-electron chi connectivity index (χ0n) is 19.6. The molecule has 0 spiro atoms. The van der Waals surface area contributed by atoms with Gasteiger partial charge in [0.1, 0.15) is 5.71 Å². The Kier molecular flexibility index (Phi) is 7.83.